The van der Waals surface area contributed by atoms with Crippen molar-refractivity contribution in [1.29, 1.82) is 0 Å². The van der Waals surface area contributed by atoms with Crippen LogP contribution in [-0.4, -0.2) is 27.2 Å². The molecule has 0 radical (unpaired) electrons. The summed E-state index contributed by atoms with van der Waals surface area (Å²) in [7, 11) is 4.25. The van der Waals surface area contributed by atoms with Crippen LogP contribution in [0.4, 0.5) is 5.69 Å². The number of anilines is 1. The average Bonchev–Trinajstić information content (AvgIpc) is 2.38. The van der Waals surface area contributed by atoms with Crippen LogP contribution in [0, 0.1) is 12.3 Å². The van der Waals surface area contributed by atoms with E-state index in [1.807, 2.05) is 7.05 Å². The van der Waals surface area contributed by atoms with Gasteiger partial charge in [-0.3, -0.25) is 0 Å². The molecule has 102 valence electrons. The van der Waals surface area contributed by atoms with E-state index in [1.54, 1.807) is 0 Å². The Hall–Kier alpha value is -1.02. The van der Waals surface area contributed by atoms with Crippen LogP contribution in [0.15, 0.2) is 24.3 Å². The van der Waals surface area contributed by atoms with Crippen LogP contribution < -0.4 is 10.2 Å². The van der Waals surface area contributed by atoms with Crippen LogP contribution in [0.1, 0.15) is 32.3 Å². The molecule has 0 amide bonds. The summed E-state index contributed by atoms with van der Waals surface area (Å²) in [6, 6.07) is 8.74. The zero-order chi connectivity index (χ0) is 13.6. The van der Waals surface area contributed by atoms with E-state index < -0.39 is 0 Å². The van der Waals surface area contributed by atoms with Gasteiger partial charge in [0.15, 0.2) is 0 Å². The maximum absolute atomic E-state index is 3.35. The van der Waals surface area contributed by atoms with E-state index in [9.17, 15) is 0 Å². The van der Waals surface area contributed by atoms with Gasteiger partial charge in [0.25, 0.3) is 0 Å². The van der Waals surface area contributed by atoms with Gasteiger partial charge in [-0.25, -0.2) is 0 Å². The zero-order valence-electron chi connectivity index (χ0n) is 12.6. The van der Waals surface area contributed by atoms with E-state index in [0.717, 1.165) is 13.1 Å². The van der Waals surface area contributed by atoms with Crippen molar-refractivity contribution in [3.05, 3.63) is 29.8 Å². The maximum atomic E-state index is 3.35. The molecule has 0 aromatic heterocycles. The lowest BCUT2D eigenvalue weighted by Gasteiger charge is -2.36. The molecule has 18 heavy (non-hydrogen) atoms. The summed E-state index contributed by atoms with van der Waals surface area (Å²) < 4.78 is 0. The van der Waals surface area contributed by atoms with E-state index in [1.165, 1.54) is 24.1 Å². The first-order chi connectivity index (χ1) is 8.56. The maximum Gasteiger partial charge on any atom is 0.0366 e. The first-order valence-corrected chi connectivity index (χ1v) is 6.99. The molecule has 0 saturated carbocycles. The number of rotatable bonds is 7. The van der Waals surface area contributed by atoms with E-state index in [2.05, 4.69) is 62.3 Å². The Kier molecular flexibility index (Phi) is 5.67. The van der Waals surface area contributed by atoms with Crippen molar-refractivity contribution < 1.29 is 0 Å². The van der Waals surface area contributed by atoms with Crippen LogP contribution >= 0.6 is 0 Å². The van der Waals surface area contributed by atoms with Gasteiger partial charge < -0.3 is 10.2 Å². The predicted octanol–water partition coefficient (Wildman–Crippen LogP) is 3.46. The van der Waals surface area contributed by atoms with Crippen LogP contribution in [0.3, 0.4) is 0 Å². The molecular weight excluding hydrogens is 220 g/mol. The molecule has 1 N–H and O–H groups in total. The third kappa shape index (κ3) is 3.74. The molecule has 0 aliphatic heterocycles. The highest BCUT2D eigenvalue weighted by atomic mass is 15.1. The summed E-state index contributed by atoms with van der Waals surface area (Å²) in [5.74, 6) is 0. The van der Waals surface area contributed by atoms with E-state index >= 15 is 0 Å². The van der Waals surface area contributed by atoms with Gasteiger partial charge >= 0.3 is 0 Å². The molecule has 0 heterocycles. The first-order valence-electron chi connectivity index (χ1n) is 6.99. The van der Waals surface area contributed by atoms with Gasteiger partial charge in [0.2, 0.25) is 0 Å². The number of benzene rings is 1. The summed E-state index contributed by atoms with van der Waals surface area (Å²) >= 11 is 0. The smallest absolute Gasteiger partial charge is 0.0366 e. The van der Waals surface area contributed by atoms with Crippen LogP contribution in [0.5, 0.6) is 0 Å². The van der Waals surface area contributed by atoms with Crippen molar-refractivity contribution in [2.24, 2.45) is 5.41 Å². The Labute approximate surface area is 112 Å². The zero-order valence-corrected chi connectivity index (χ0v) is 12.6. The fraction of sp³-hybridized carbons (Fsp3) is 0.625. The Morgan fingerprint density at radius 2 is 1.89 bits per heavy atom. The molecule has 0 unspecified atom stereocenters. The third-order valence-electron chi connectivity index (χ3n) is 4.07. The Morgan fingerprint density at radius 1 is 1.22 bits per heavy atom. The topological polar surface area (TPSA) is 15.3 Å². The van der Waals surface area contributed by atoms with Gasteiger partial charge in [0, 0.05) is 25.8 Å². The second-order valence-corrected chi connectivity index (χ2v) is 5.43. The van der Waals surface area contributed by atoms with Gasteiger partial charge in [0.1, 0.15) is 0 Å². The second kappa shape index (κ2) is 6.79. The molecule has 0 aliphatic carbocycles. The van der Waals surface area contributed by atoms with Gasteiger partial charge in [-0.15, -0.1) is 0 Å². The molecule has 1 aromatic carbocycles. The normalized spacial score (nSPS) is 11.6. The number of hydrogen-bond donors (Lipinski definition) is 1. The lowest BCUT2D eigenvalue weighted by Crippen LogP contribution is -2.41. The lowest BCUT2D eigenvalue weighted by atomic mass is 9.81. The summed E-state index contributed by atoms with van der Waals surface area (Å²) in [6.07, 6.45) is 2.42. The molecule has 0 fully saturated rings. The molecule has 0 saturated heterocycles. The van der Waals surface area contributed by atoms with Crippen LogP contribution in [0.2, 0.25) is 0 Å². The second-order valence-electron chi connectivity index (χ2n) is 5.43. The van der Waals surface area contributed by atoms with E-state index in [4.69, 9.17) is 0 Å². The largest absolute Gasteiger partial charge is 0.374 e. The molecule has 2 heteroatoms. The van der Waals surface area contributed by atoms with Crippen molar-refractivity contribution >= 4 is 5.69 Å². The van der Waals surface area contributed by atoms with E-state index in [-0.39, 0.29) is 0 Å². The minimum atomic E-state index is 0.368. The molecule has 0 spiro atoms. The highest BCUT2D eigenvalue weighted by Crippen LogP contribution is 2.28. The number of aryl methyl sites for hydroxylation is 1. The fourth-order valence-corrected chi connectivity index (χ4v) is 2.61. The number of nitrogens with one attached hydrogen (secondary N) is 1. The van der Waals surface area contributed by atoms with Crippen molar-refractivity contribution in [2.45, 2.75) is 33.6 Å². The van der Waals surface area contributed by atoms with Crippen molar-refractivity contribution in [1.82, 2.24) is 5.32 Å². The monoisotopic (exact) mass is 248 g/mol. The highest BCUT2D eigenvalue weighted by Gasteiger charge is 2.27. The van der Waals surface area contributed by atoms with Crippen molar-refractivity contribution in [3.63, 3.8) is 0 Å². The number of nitrogens with zero attached hydrogens (tertiary/aromatic N) is 1. The Morgan fingerprint density at radius 3 is 2.39 bits per heavy atom. The summed E-state index contributed by atoms with van der Waals surface area (Å²) in [6.45, 7) is 8.92. The van der Waals surface area contributed by atoms with Crippen molar-refractivity contribution in [3.8, 4) is 0 Å². The predicted molar refractivity (Wildman–Crippen MR) is 81.4 cm³/mol. The fourth-order valence-electron chi connectivity index (χ4n) is 2.61. The molecular formula is C16H28N2. The lowest BCUT2D eigenvalue weighted by molar-refractivity contribution is 0.262. The standard InChI is InChI=1S/C16H28N2/c1-6-16(7-2,12-17-4)13-18(5)15-10-8-9-14(3)11-15/h8-11,17H,6-7,12-13H2,1-5H3. The van der Waals surface area contributed by atoms with Crippen LogP contribution in [-0.2, 0) is 0 Å². The summed E-state index contributed by atoms with van der Waals surface area (Å²) in [5.41, 5.74) is 3.01. The van der Waals surface area contributed by atoms with Gasteiger partial charge in [0.05, 0.1) is 0 Å². The molecule has 0 aliphatic rings. The SMILES string of the molecule is CCC(CC)(CNC)CN(C)c1cccc(C)c1. The average molecular weight is 248 g/mol. The summed E-state index contributed by atoms with van der Waals surface area (Å²) in [5, 5.41) is 3.35. The van der Waals surface area contributed by atoms with Gasteiger partial charge in [-0.05, 0) is 49.9 Å². The van der Waals surface area contributed by atoms with Crippen molar-refractivity contribution in [2.75, 3.05) is 32.1 Å². The Bertz CT molecular complexity index is 356. The van der Waals surface area contributed by atoms with E-state index in [0.29, 0.717) is 5.41 Å². The summed E-state index contributed by atoms with van der Waals surface area (Å²) in [4.78, 5) is 2.39. The highest BCUT2D eigenvalue weighted by molar-refractivity contribution is 5.47. The minimum Gasteiger partial charge on any atom is -0.374 e. The molecule has 0 atom stereocenters. The van der Waals surface area contributed by atoms with Gasteiger partial charge in [-0.2, -0.15) is 0 Å². The first kappa shape index (κ1) is 15.0. The third-order valence-corrected chi connectivity index (χ3v) is 4.07. The molecule has 0 bridgehead atoms. The quantitative estimate of drug-likeness (QED) is 0.795. The van der Waals surface area contributed by atoms with Crippen LogP contribution in [0.25, 0.3) is 0 Å². The number of hydrogen-bond acceptors (Lipinski definition) is 2. The molecule has 1 aromatic rings. The van der Waals surface area contributed by atoms with Gasteiger partial charge in [-0.1, -0.05) is 26.0 Å². The minimum absolute atomic E-state index is 0.368. The molecule has 2 nitrogen and oxygen atoms in total. The molecule has 1 rings (SSSR count). The Balaban J connectivity index is 2.80.